The first-order valence-corrected chi connectivity index (χ1v) is 12.0. The zero-order chi connectivity index (χ0) is 21.8. The van der Waals surface area contributed by atoms with E-state index in [0.717, 1.165) is 18.4 Å². The maximum Gasteiger partial charge on any atom is 0.261 e. The van der Waals surface area contributed by atoms with E-state index in [4.69, 9.17) is 0 Å². The molecule has 1 amide bonds. The van der Waals surface area contributed by atoms with Crippen LogP contribution in [-0.4, -0.2) is 14.3 Å². The quantitative estimate of drug-likeness (QED) is 0.582. The van der Waals surface area contributed by atoms with Crippen LogP contribution in [0, 0.1) is 0 Å². The van der Waals surface area contributed by atoms with E-state index < -0.39 is 10.0 Å². The van der Waals surface area contributed by atoms with E-state index in [1.165, 1.54) is 36.1 Å². The van der Waals surface area contributed by atoms with Crippen molar-refractivity contribution in [1.29, 1.82) is 0 Å². The van der Waals surface area contributed by atoms with Crippen LogP contribution in [0.15, 0.2) is 77.7 Å². The van der Waals surface area contributed by atoms with Gasteiger partial charge in [0.2, 0.25) is 0 Å². The molecule has 1 aliphatic rings. The molecule has 0 saturated carbocycles. The summed E-state index contributed by atoms with van der Waals surface area (Å²) in [5.74, 6) is -0.192. The lowest BCUT2D eigenvalue weighted by Crippen LogP contribution is -2.26. The van der Waals surface area contributed by atoms with E-state index in [1.807, 2.05) is 6.92 Å². The van der Waals surface area contributed by atoms with Gasteiger partial charge in [0.25, 0.3) is 15.9 Å². The van der Waals surface area contributed by atoms with Crippen LogP contribution < -0.4 is 10.0 Å². The van der Waals surface area contributed by atoms with Crippen molar-refractivity contribution in [2.24, 2.45) is 0 Å². The van der Waals surface area contributed by atoms with Gasteiger partial charge in [0.05, 0.1) is 10.9 Å². The zero-order valence-electron chi connectivity index (χ0n) is 17.5. The first-order valence-electron chi connectivity index (χ1n) is 10.5. The second-order valence-electron chi connectivity index (χ2n) is 7.93. The molecule has 3 aromatic rings. The van der Waals surface area contributed by atoms with Crippen LogP contribution >= 0.6 is 0 Å². The van der Waals surface area contributed by atoms with Crippen LogP contribution in [0.2, 0.25) is 0 Å². The largest absolute Gasteiger partial charge is 0.346 e. The first-order chi connectivity index (χ1) is 14.9. The van der Waals surface area contributed by atoms with Crippen LogP contribution in [-0.2, 0) is 22.9 Å². The fourth-order valence-electron chi connectivity index (χ4n) is 3.89. The summed E-state index contributed by atoms with van der Waals surface area (Å²) in [5.41, 5.74) is 4.79. The van der Waals surface area contributed by atoms with Crippen molar-refractivity contribution in [2.75, 3.05) is 4.72 Å². The number of hydrogen-bond acceptors (Lipinski definition) is 3. The Balaban J connectivity index is 1.41. The minimum absolute atomic E-state index is 0.115. The Bertz CT molecular complexity index is 1170. The maximum atomic E-state index is 12.7. The van der Waals surface area contributed by atoms with Gasteiger partial charge in [-0.25, -0.2) is 8.42 Å². The molecule has 1 aliphatic carbocycles. The third-order valence-electron chi connectivity index (χ3n) is 5.67. The van der Waals surface area contributed by atoms with Gasteiger partial charge in [-0.2, -0.15) is 0 Å². The number of hydrogen-bond donors (Lipinski definition) is 2. The molecule has 6 heteroatoms. The second-order valence-corrected chi connectivity index (χ2v) is 9.61. The Hall–Kier alpha value is -3.12. The highest BCUT2D eigenvalue weighted by Crippen LogP contribution is 2.25. The number of anilines is 1. The van der Waals surface area contributed by atoms with Gasteiger partial charge in [-0.3, -0.25) is 9.52 Å². The van der Waals surface area contributed by atoms with Crippen molar-refractivity contribution < 1.29 is 13.2 Å². The molecule has 160 valence electrons. The molecular formula is C25H26N2O3S. The summed E-state index contributed by atoms with van der Waals surface area (Å²) in [6.45, 7) is 1.98. The number of benzene rings is 3. The smallest absolute Gasteiger partial charge is 0.261 e. The van der Waals surface area contributed by atoms with Crippen LogP contribution in [0.4, 0.5) is 5.69 Å². The molecule has 0 heterocycles. The van der Waals surface area contributed by atoms with E-state index in [2.05, 4.69) is 28.2 Å². The Kier molecular flexibility index (Phi) is 6.09. The average Bonchev–Trinajstić information content (AvgIpc) is 2.79. The highest BCUT2D eigenvalue weighted by Gasteiger charge is 2.16. The molecule has 0 aromatic heterocycles. The predicted octanol–water partition coefficient (Wildman–Crippen LogP) is 4.86. The maximum absolute atomic E-state index is 12.7. The summed E-state index contributed by atoms with van der Waals surface area (Å²) < 4.78 is 27.4. The van der Waals surface area contributed by atoms with Gasteiger partial charge >= 0.3 is 0 Å². The van der Waals surface area contributed by atoms with Gasteiger partial charge in [0.1, 0.15) is 0 Å². The van der Waals surface area contributed by atoms with Crippen LogP contribution in [0.25, 0.3) is 0 Å². The van der Waals surface area contributed by atoms with Crippen LogP contribution in [0.1, 0.15) is 52.9 Å². The third-order valence-corrected chi connectivity index (χ3v) is 7.07. The summed E-state index contributed by atoms with van der Waals surface area (Å²) in [6, 6.07) is 21.0. The highest BCUT2D eigenvalue weighted by atomic mass is 32.2. The molecule has 5 nitrogen and oxygen atoms in total. The van der Waals surface area contributed by atoms with Gasteiger partial charge in [-0.15, -0.1) is 0 Å². The second kappa shape index (κ2) is 8.94. The van der Waals surface area contributed by atoms with E-state index in [0.29, 0.717) is 11.3 Å². The molecule has 0 radical (unpaired) electrons. The fraction of sp³-hybridized carbons (Fsp3) is 0.240. The topological polar surface area (TPSA) is 75.3 Å². The van der Waals surface area contributed by atoms with Crippen molar-refractivity contribution in [3.05, 3.63) is 95.1 Å². The number of rotatable bonds is 6. The number of sulfonamides is 1. The number of fused-ring (bicyclic) bond motifs is 1. The Morgan fingerprint density at radius 2 is 1.55 bits per heavy atom. The monoisotopic (exact) mass is 434 g/mol. The summed E-state index contributed by atoms with van der Waals surface area (Å²) >= 11 is 0. The molecule has 1 atom stereocenters. The van der Waals surface area contributed by atoms with Gasteiger partial charge < -0.3 is 5.32 Å². The molecule has 0 spiro atoms. The highest BCUT2D eigenvalue weighted by molar-refractivity contribution is 7.92. The average molecular weight is 435 g/mol. The normalized spacial score (nSPS) is 14.4. The molecule has 2 N–H and O–H groups in total. The molecule has 3 aromatic carbocycles. The Morgan fingerprint density at radius 3 is 2.26 bits per heavy atom. The van der Waals surface area contributed by atoms with E-state index in [-0.39, 0.29) is 16.8 Å². The summed E-state index contributed by atoms with van der Waals surface area (Å²) in [7, 11) is -3.66. The molecule has 0 bridgehead atoms. The number of carbonyl (C=O) groups is 1. The van der Waals surface area contributed by atoms with Gasteiger partial charge in [0.15, 0.2) is 0 Å². The van der Waals surface area contributed by atoms with E-state index in [9.17, 15) is 13.2 Å². The summed E-state index contributed by atoms with van der Waals surface area (Å²) in [5, 5.41) is 3.04. The standard InChI is InChI=1S/C25H26N2O3S/c1-18(21-12-11-19-7-5-6-8-22(19)17-21)26-25(28)20-13-15-23(16-14-20)27-31(29,30)24-9-3-2-4-10-24/h2-4,9-18,27H,5-8H2,1H3,(H,26,28)/t18-/m1/s1. The van der Waals surface area contributed by atoms with Crippen molar-refractivity contribution in [2.45, 2.75) is 43.5 Å². The van der Waals surface area contributed by atoms with Gasteiger partial charge in [-0.05, 0) is 85.7 Å². The van der Waals surface area contributed by atoms with E-state index >= 15 is 0 Å². The van der Waals surface area contributed by atoms with Crippen LogP contribution in [0.5, 0.6) is 0 Å². The molecular weight excluding hydrogens is 408 g/mol. The number of carbonyl (C=O) groups excluding carboxylic acids is 1. The lowest BCUT2D eigenvalue weighted by atomic mass is 9.89. The minimum atomic E-state index is -3.66. The molecule has 31 heavy (non-hydrogen) atoms. The van der Waals surface area contributed by atoms with Gasteiger partial charge in [0, 0.05) is 11.3 Å². The molecule has 0 aliphatic heterocycles. The number of nitrogens with one attached hydrogen (secondary N) is 2. The van der Waals surface area contributed by atoms with Crippen molar-refractivity contribution in [3.63, 3.8) is 0 Å². The lowest BCUT2D eigenvalue weighted by molar-refractivity contribution is 0.0940. The SMILES string of the molecule is C[C@@H](NC(=O)c1ccc(NS(=O)(=O)c2ccccc2)cc1)c1ccc2c(c1)CCCC2. The minimum Gasteiger partial charge on any atom is -0.346 e. The summed E-state index contributed by atoms with van der Waals surface area (Å²) in [4.78, 5) is 12.9. The first kappa shape index (κ1) is 21.1. The van der Waals surface area contributed by atoms with E-state index in [1.54, 1.807) is 42.5 Å². The molecule has 0 fully saturated rings. The zero-order valence-corrected chi connectivity index (χ0v) is 18.3. The van der Waals surface area contributed by atoms with Crippen molar-refractivity contribution >= 4 is 21.6 Å². The van der Waals surface area contributed by atoms with Crippen LogP contribution in [0.3, 0.4) is 0 Å². The van der Waals surface area contributed by atoms with Crippen molar-refractivity contribution in [1.82, 2.24) is 5.32 Å². The molecule has 0 unspecified atom stereocenters. The number of amides is 1. The fourth-order valence-corrected chi connectivity index (χ4v) is 4.97. The van der Waals surface area contributed by atoms with Gasteiger partial charge in [-0.1, -0.05) is 36.4 Å². The Labute approximate surface area is 183 Å². The summed E-state index contributed by atoms with van der Waals surface area (Å²) in [6.07, 6.45) is 4.70. The lowest BCUT2D eigenvalue weighted by Gasteiger charge is -2.20. The third kappa shape index (κ3) is 4.97. The Morgan fingerprint density at radius 1 is 0.871 bits per heavy atom. The molecule has 0 saturated heterocycles. The predicted molar refractivity (Wildman–Crippen MR) is 123 cm³/mol. The van der Waals surface area contributed by atoms with Crippen molar-refractivity contribution in [3.8, 4) is 0 Å². The molecule has 4 rings (SSSR count). The number of aryl methyl sites for hydroxylation is 2.